The van der Waals surface area contributed by atoms with Crippen molar-refractivity contribution in [2.75, 3.05) is 11.5 Å². The van der Waals surface area contributed by atoms with Crippen molar-refractivity contribution >= 4 is 52.5 Å². The lowest BCUT2D eigenvalue weighted by atomic mass is 10.1. The molecule has 0 aliphatic carbocycles. The van der Waals surface area contributed by atoms with Crippen LogP contribution in [0.15, 0.2) is 54.1 Å². The van der Waals surface area contributed by atoms with Gasteiger partial charge in [-0.25, -0.2) is 0 Å². The number of carbonyl (C=O) groups excluding carboxylic acids is 2. The summed E-state index contributed by atoms with van der Waals surface area (Å²) in [6.45, 7) is 2.71. The molecule has 1 fully saturated rings. The Morgan fingerprint density at radius 1 is 1.18 bits per heavy atom. The molecule has 7 heteroatoms. The van der Waals surface area contributed by atoms with E-state index in [0.717, 1.165) is 12.8 Å². The third-order valence-corrected chi connectivity index (χ3v) is 4.66. The second-order valence-corrected chi connectivity index (χ2v) is 7.03. The van der Waals surface area contributed by atoms with E-state index in [4.69, 9.17) is 28.6 Å². The highest BCUT2D eigenvalue weighted by Gasteiger charge is 2.34. The number of thiocarbonyl (C=S) groups is 1. The third-order valence-electron chi connectivity index (χ3n) is 4.12. The monoisotopic (exact) mass is 414 g/mol. The summed E-state index contributed by atoms with van der Waals surface area (Å²) in [6.07, 6.45) is 3.54. The van der Waals surface area contributed by atoms with E-state index < -0.39 is 11.8 Å². The van der Waals surface area contributed by atoms with Crippen LogP contribution < -0.4 is 15.0 Å². The summed E-state index contributed by atoms with van der Waals surface area (Å²) >= 11 is 11.1. The van der Waals surface area contributed by atoms with Crippen molar-refractivity contribution in [2.45, 2.75) is 19.8 Å². The van der Waals surface area contributed by atoms with Gasteiger partial charge in [0.25, 0.3) is 11.8 Å². The number of anilines is 1. The average molecular weight is 415 g/mol. The van der Waals surface area contributed by atoms with Gasteiger partial charge in [0.1, 0.15) is 11.3 Å². The SMILES string of the molecule is CCCCOc1cccc(/C=C2/C(=O)NC(=S)N(c3ccc(Cl)cc3)C2=O)c1. The number of ether oxygens (including phenoxy) is 1. The Kier molecular flexibility index (Phi) is 6.44. The van der Waals surface area contributed by atoms with Crippen LogP contribution in [0.4, 0.5) is 5.69 Å². The Morgan fingerprint density at radius 3 is 2.64 bits per heavy atom. The fourth-order valence-electron chi connectivity index (χ4n) is 2.68. The predicted molar refractivity (Wildman–Crippen MR) is 115 cm³/mol. The molecule has 3 rings (SSSR count). The molecule has 28 heavy (non-hydrogen) atoms. The highest BCUT2D eigenvalue weighted by atomic mass is 35.5. The summed E-state index contributed by atoms with van der Waals surface area (Å²) in [6, 6.07) is 13.9. The molecule has 0 unspecified atom stereocenters. The van der Waals surface area contributed by atoms with Gasteiger partial charge >= 0.3 is 0 Å². The molecular formula is C21H19ClN2O3S. The lowest BCUT2D eigenvalue weighted by Gasteiger charge is -2.29. The summed E-state index contributed by atoms with van der Waals surface area (Å²) < 4.78 is 5.69. The maximum Gasteiger partial charge on any atom is 0.270 e. The van der Waals surface area contributed by atoms with Crippen LogP contribution in [-0.4, -0.2) is 23.5 Å². The standard InChI is InChI=1S/C21H19ClN2O3S/c1-2-3-11-27-17-6-4-5-14(12-17)13-18-19(25)23-21(28)24(20(18)26)16-9-7-15(22)8-10-16/h4-10,12-13H,2-3,11H2,1H3,(H,23,25,28)/b18-13-. The normalized spacial score (nSPS) is 15.7. The number of amides is 2. The van der Waals surface area contributed by atoms with Crippen molar-refractivity contribution in [1.29, 1.82) is 0 Å². The van der Waals surface area contributed by atoms with E-state index in [1.165, 1.54) is 11.0 Å². The number of carbonyl (C=O) groups is 2. The van der Waals surface area contributed by atoms with Gasteiger partial charge in [-0.15, -0.1) is 0 Å². The van der Waals surface area contributed by atoms with Crippen molar-refractivity contribution < 1.29 is 14.3 Å². The highest BCUT2D eigenvalue weighted by Crippen LogP contribution is 2.24. The number of unbranched alkanes of at least 4 members (excludes halogenated alkanes) is 1. The lowest BCUT2D eigenvalue weighted by molar-refractivity contribution is -0.122. The molecule has 2 aromatic carbocycles. The fourth-order valence-corrected chi connectivity index (χ4v) is 3.08. The zero-order valence-electron chi connectivity index (χ0n) is 15.3. The summed E-state index contributed by atoms with van der Waals surface area (Å²) in [5.74, 6) is -0.331. The minimum atomic E-state index is -0.530. The van der Waals surface area contributed by atoms with Gasteiger partial charge in [0, 0.05) is 5.02 Å². The topological polar surface area (TPSA) is 58.6 Å². The van der Waals surface area contributed by atoms with Crippen molar-refractivity contribution in [2.24, 2.45) is 0 Å². The molecule has 1 aliphatic heterocycles. The number of benzene rings is 2. The first-order chi connectivity index (χ1) is 13.5. The van der Waals surface area contributed by atoms with E-state index in [2.05, 4.69) is 12.2 Å². The molecule has 144 valence electrons. The Bertz CT molecular complexity index is 941. The zero-order valence-corrected chi connectivity index (χ0v) is 16.8. The fraction of sp³-hybridized carbons (Fsp3) is 0.190. The van der Waals surface area contributed by atoms with Gasteiger partial charge in [-0.2, -0.15) is 0 Å². The molecule has 0 spiro atoms. The molecule has 1 aliphatic rings. The van der Waals surface area contributed by atoms with Crippen LogP contribution in [-0.2, 0) is 9.59 Å². The van der Waals surface area contributed by atoms with E-state index in [1.807, 2.05) is 12.1 Å². The average Bonchev–Trinajstić information content (AvgIpc) is 2.67. The number of halogens is 1. The second kappa shape index (κ2) is 8.99. The molecule has 0 radical (unpaired) electrons. The van der Waals surface area contributed by atoms with Crippen LogP contribution in [0, 0.1) is 0 Å². The first kappa shape index (κ1) is 20.0. The lowest BCUT2D eigenvalue weighted by Crippen LogP contribution is -2.54. The molecule has 0 bridgehead atoms. The molecule has 0 saturated carbocycles. The number of rotatable bonds is 6. The summed E-state index contributed by atoms with van der Waals surface area (Å²) in [5, 5.41) is 3.14. The van der Waals surface area contributed by atoms with Crippen LogP contribution in [0.1, 0.15) is 25.3 Å². The van der Waals surface area contributed by atoms with Gasteiger partial charge in [0.2, 0.25) is 0 Å². The van der Waals surface area contributed by atoms with E-state index in [-0.39, 0.29) is 10.7 Å². The molecule has 2 aromatic rings. The molecular weight excluding hydrogens is 396 g/mol. The maximum atomic E-state index is 13.0. The predicted octanol–water partition coefficient (Wildman–Crippen LogP) is 4.35. The van der Waals surface area contributed by atoms with Crippen molar-refractivity contribution in [3.63, 3.8) is 0 Å². The van der Waals surface area contributed by atoms with Gasteiger partial charge < -0.3 is 4.74 Å². The summed E-state index contributed by atoms with van der Waals surface area (Å²) in [5.41, 5.74) is 1.22. The smallest absolute Gasteiger partial charge is 0.270 e. The van der Waals surface area contributed by atoms with Crippen LogP contribution in [0.25, 0.3) is 6.08 Å². The molecule has 0 aromatic heterocycles. The van der Waals surface area contributed by atoms with Gasteiger partial charge in [0.15, 0.2) is 5.11 Å². The molecule has 1 heterocycles. The van der Waals surface area contributed by atoms with Gasteiger partial charge in [-0.05, 0) is 66.7 Å². The molecule has 5 nitrogen and oxygen atoms in total. The quantitative estimate of drug-likeness (QED) is 0.330. The minimum absolute atomic E-state index is 0.00532. The van der Waals surface area contributed by atoms with Crippen molar-refractivity contribution in [3.05, 3.63) is 64.7 Å². The minimum Gasteiger partial charge on any atom is -0.494 e. The van der Waals surface area contributed by atoms with Crippen LogP contribution in [0.2, 0.25) is 5.02 Å². The number of nitrogens with zero attached hydrogens (tertiary/aromatic N) is 1. The molecule has 0 atom stereocenters. The van der Waals surface area contributed by atoms with Gasteiger partial charge in [-0.1, -0.05) is 37.1 Å². The first-order valence-corrected chi connectivity index (χ1v) is 9.68. The molecule has 1 saturated heterocycles. The Labute approximate surface area is 173 Å². The first-order valence-electron chi connectivity index (χ1n) is 8.89. The van der Waals surface area contributed by atoms with Crippen LogP contribution in [0.5, 0.6) is 5.75 Å². The van der Waals surface area contributed by atoms with Crippen LogP contribution >= 0.6 is 23.8 Å². The van der Waals surface area contributed by atoms with E-state index in [0.29, 0.717) is 28.6 Å². The van der Waals surface area contributed by atoms with E-state index >= 15 is 0 Å². The Hall–Kier alpha value is -2.70. The molecule has 1 N–H and O–H groups in total. The second-order valence-electron chi connectivity index (χ2n) is 6.21. The van der Waals surface area contributed by atoms with Gasteiger partial charge in [0.05, 0.1) is 12.3 Å². The third kappa shape index (κ3) is 4.58. The summed E-state index contributed by atoms with van der Waals surface area (Å²) in [4.78, 5) is 26.6. The zero-order chi connectivity index (χ0) is 20.1. The number of hydrogen-bond acceptors (Lipinski definition) is 4. The van der Waals surface area contributed by atoms with Crippen molar-refractivity contribution in [1.82, 2.24) is 5.32 Å². The maximum absolute atomic E-state index is 13.0. The van der Waals surface area contributed by atoms with Crippen LogP contribution in [0.3, 0.4) is 0 Å². The Morgan fingerprint density at radius 2 is 1.93 bits per heavy atom. The van der Waals surface area contributed by atoms with Gasteiger partial charge in [-0.3, -0.25) is 19.8 Å². The Balaban J connectivity index is 1.89. The largest absolute Gasteiger partial charge is 0.494 e. The summed E-state index contributed by atoms with van der Waals surface area (Å²) in [7, 11) is 0. The highest BCUT2D eigenvalue weighted by molar-refractivity contribution is 7.80. The molecule has 2 amide bonds. The van der Waals surface area contributed by atoms with E-state index in [9.17, 15) is 9.59 Å². The number of hydrogen-bond donors (Lipinski definition) is 1. The van der Waals surface area contributed by atoms with Crippen molar-refractivity contribution in [3.8, 4) is 5.75 Å². The van der Waals surface area contributed by atoms with E-state index in [1.54, 1.807) is 36.4 Å². The number of nitrogens with one attached hydrogen (secondary N) is 1.